The van der Waals surface area contributed by atoms with Crippen LogP contribution >= 0.6 is 11.3 Å². The van der Waals surface area contributed by atoms with Gasteiger partial charge in [-0.15, -0.1) is 11.3 Å². The van der Waals surface area contributed by atoms with Gasteiger partial charge in [0.1, 0.15) is 0 Å². The van der Waals surface area contributed by atoms with Crippen LogP contribution in [0.3, 0.4) is 0 Å². The summed E-state index contributed by atoms with van der Waals surface area (Å²) in [4.78, 5) is 6.34. The van der Waals surface area contributed by atoms with Crippen molar-refractivity contribution in [2.45, 2.75) is 6.92 Å². The van der Waals surface area contributed by atoms with Crippen LogP contribution in [0.1, 0.15) is 7.06 Å². The Kier molecular flexibility index (Phi) is 2.17. The van der Waals surface area contributed by atoms with Gasteiger partial charge in [0, 0.05) is 18.1 Å². The van der Waals surface area contributed by atoms with Crippen molar-refractivity contribution < 1.29 is 1.37 Å². The number of aromatic nitrogens is 1. The van der Waals surface area contributed by atoms with Crippen molar-refractivity contribution in [2.75, 3.05) is 11.9 Å². The van der Waals surface area contributed by atoms with Crippen molar-refractivity contribution >= 4 is 22.2 Å². The Hall–Kier alpha value is -1.35. The van der Waals surface area contributed by atoms with Crippen LogP contribution in [0, 0.1) is 6.92 Å². The van der Waals surface area contributed by atoms with Gasteiger partial charge in [-0.2, -0.15) is 0 Å². The molecule has 0 saturated heterocycles. The third kappa shape index (κ3) is 1.77. The van der Waals surface area contributed by atoms with E-state index in [0.717, 1.165) is 16.5 Å². The molecule has 0 spiro atoms. The summed E-state index contributed by atoms with van der Waals surface area (Å²) in [6.45, 7) is 1.86. The molecule has 2 aromatic rings. The quantitative estimate of drug-likeness (QED) is 0.748. The second-order valence-corrected chi connectivity index (χ2v) is 3.85. The van der Waals surface area contributed by atoms with Gasteiger partial charge >= 0.3 is 0 Å². The fourth-order valence-electron chi connectivity index (χ4n) is 1.21. The molecule has 0 atom stereocenters. The molecule has 0 aliphatic rings. The van der Waals surface area contributed by atoms with E-state index in [-0.39, 0.29) is 0 Å². The largest absolute Gasteiger partial charge is 0.321 e. The highest BCUT2D eigenvalue weighted by Crippen LogP contribution is 2.25. The summed E-state index contributed by atoms with van der Waals surface area (Å²) in [6.07, 6.45) is 0. The van der Waals surface area contributed by atoms with E-state index in [1.807, 2.05) is 49.2 Å². The predicted molar refractivity (Wildman–Crippen MR) is 61.4 cm³/mol. The maximum Gasteiger partial charge on any atom is 0.189 e. The number of rotatable bonds is 2. The molecule has 1 aromatic carbocycles. The molecule has 0 amide bonds. The maximum absolute atomic E-state index is 7.63. The molecule has 0 unspecified atom stereocenters. The number of hydrogen-bond acceptors (Lipinski definition) is 3. The standard InChI is InChI=1S/C11H12N2S/c1-9-8-14-11(12-9)13(2)10-6-4-3-5-7-10/h3-8H,1-2H3/i8D. The molecule has 72 valence electrons. The zero-order valence-electron chi connectivity index (χ0n) is 9.19. The number of aryl methyl sites for hydroxylation is 1. The zero-order valence-corrected chi connectivity index (χ0v) is 9.01. The van der Waals surface area contributed by atoms with E-state index in [1.165, 1.54) is 11.3 Å². The fourth-order valence-corrected chi connectivity index (χ4v) is 1.92. The van der Waals surface area contributed by atoms with E-state index in [9.17, 15) is 0 Å². The molecule has 0 bridgehead atoms. The molecule has 1 aromatic heterocycles. The molecule has 2 nitrogen and oxygen atoms in total. The minimum Gasteiger partial charge on any atom is -0.321 e. The Morgan fingerprint density at radius 1 is 1.36 bits per heavy atom. The Morgan fingerprint density at radius 2 is 2.07 bits per heavy atom. The van der Waals surface area contributed by atoms with Crippen molar-refractivity contribution in [1.29, 1.82) is 0 Å². The van der Waals surface area contributed by atoms with Gasteiger partial charge < -0.3 is 4.90 Å². The highest BCUT2D eigenvalue weighted by atomic mass is 32.1. The van der Waals surface area contributed by atoms with E-state index >= 15 is 0 Å². The average Bonchev–Trinajstić information content (AvgIpc) is 2.59. The van der Waals surface area contributed by atoms with Crippen LogP contribution in [0.25, 0.3) is 0 Å². The third-order valence-corrected chi connectivity index (χ3v) is 2.93. The lowest BCUT2D eigenvalue weighted by Gasteiger charge is -2.15. The lowest BCUT2D eigenvalue weighted by atomic mass is 10.3. The maximum atomic E-state index is 7.63. The smallest absolute Gasteiger partial charge is 0.189 e. The molecule has 2 rings (SSSR count). The fraction of sp³-hybridized carbons (Fsp3) is 0.182. The number of anilines is 2. The zero-order chi connectivity index (χ0) is 10.8. The lowest BCUT2D eigenvalue weighted by molar-refractivity contribution is 1.14. The lowest BCUT2D eigenvalue weighted by Crippen LogP contribution is -2.08. The molecule has 3 heteroatoms. The van der Waals surface area contributed by atoms with Crippen molar-refractivity contribution in [3.05, 3.63) is 41.4 Å². The molecule has 0 N–H and O–H groups in total. The normalized spacial score (nSPS) is 11.1. The van der Waals surface area contributed by atoms with Crippen LogP contribution < -0.4 is 4.90 Å². The molecule has 14 heavy (non-hydrogen) atoms. The number of para-hydroxylation sites is 1. The van der Waals surface area contributed by atoms with Gasteiger partial charge in [-0.3, -0.25) is 0 Å². The first-order valence-electron chi connectivity index (χ1n) is 4.91. The van der Waals surface area contributed by atoms with Crippen molar-refractivity contribution in [1.82, 2.24) is 4.98 Å². The van der Waals surface area contributed by atoms with E-state index in [1.54, 1.807) is 0 Å². The van der Waals surface area contributed by atoms with Crippen LogP contribution in [0.4, 0.5) is 10.8 Å². The number of hydrogen-bond donors (Lipinski definition) is 0. The van der Waals surface area contributed by atoms with Crippen molar-refractivity contribution in [2.24, 2.45) is 0 Å². The Labute approximate surface area is 89.2 Å². The first-order valence-corrected chi connectivity index (χ1v) is 5.23. The first kappa shape index (κ1) is 8.00. The van der Waals surface area contributed by atoms with Gasteiger partial charge in [-0.1, -0.05) is 18.2 Å². The van der Waals surface area contributed by atoms with E-state index in [4.69, 9.17) is 1.37 Å². The van der Waals surface area contributed by atoms with Crippen molar-refractivity contribution in [3.63, 3.8) is 0 Å². The topological polar surface area (TPSA) is 16.1 Å². The molecule has 0 aliphatic heterocycles. The summed E-state index contributed by atoms with van der Waals surface area (Å²) >= 11 is 1.40. The molecule has 0 radical (unpaired) electrons. The third-order valence-electron chi connectivity index (χ3n) is 1.98. The summed E-state index contributed by atoms with van der Waals surface area (Å²) in [5.74, 6) is 0. The summed E-state index contributed by atoms with van der Waals surface area (Å²) in [6, 6.07) is 10.0. The van der Waals surface area contributed by atoms with Gasteiger partial charge in [-0.05, 0) is 19.1 Å². The van der Waals surface area contributed by atoms with Gasteiger partial charge in [0.25, 0.3) is 0 Å². The molecule has 0 fully saturated rings. The summed E-state index contributed by atoms with van der Waals surface area (Å²) in [5, 5.41) is 1.40. The second kappa shape index (κ2) is 3.80. The highest BCUT2D eigenvalue weighted by molar-refractivity contribution is 7.13. The molecular formula is C11H12N2S. The first-order chi connectivity index (χ1) is 7.18. The molecular weight excluding hydrogens is 192 g/mol. The highest BCUT2D eigenvalue weighted by Gasteiger charge is 2.06. The van der Waals surface area contributed by atoms with Gasteiger partial charge in [0.2, 0.25) is 0 Å². The van der Waals surface area contributed by atoms with Gasteiger partial charge in [-0.25, -0.2) is 4.98 Å². The second-order valence-electron chi connectivity index (χ2n) is 3.08. The summed E-state index contributed by atoms with van der Waals surface area (Å²) in [7, 11) is 1.97. The molecule has 0 aliphatic carbocycles. The van der Waals surface area contributed by atoms with E-state index < -0.39 is 0 Å². The van der Waals surface area contributed by atoms with E-state index in [2.05, 4.69) is 4.98 Å². The minimum absolute atomic E-state index is 0.535. The molecule has 0 saturated carbocycles. The summed E-state index contributed by atoms with van der Waals surface area (Å²) < 4.78 is 7.63. The Balaban J connectivity index is 2.32. The van der Waals surface area contributed by atoms with Gasteiger partial charge in [0.15, 0.2) is 5.13 Å². The van der Waals surface area contributed by atoms with Crippen LogP contribution in [0.2, 0.25) is 0 Å². The van der Waals surface area contributed by atoms with E-state index in [0.29, 0.717) is 5.36 Å². The SMILES string of the molecule is [2H]c1sc(N(C)c2ccccc2)nc1C. The minimum atomic E-state index is 0.535. The van der Waals surface area contributed by atoms with Crippen LogP contribution in [0.15, 0.2) is 35.7 Å². The van der Waals surface area contributed by atoms with Crippen molar-refractivity contribution in [3.8, 4) is 0 Å². The monoisotopic (exact) mass is 205 g/mol. The number of thiazole rings is 1. The Bertz CT molecular complexity index is 433. The van der Waals surface area contributed by atoms with Crippen LogP contribution in [0.5, 0.6) is 0 Å². The number of benzene rings is 1. The average molecular weight is 205 g/mol. The van der Waals surface area contributed by atoms with Crippen LogP contribution in [-0.2, 0) is 0 Å². The predicted octanol–water partition coefficient (Wildman–Crippen LogP) is 3.22. The Morgan fingerprint density at radius 3 is 2.64 bits per heavy atom. The molecule has 1 heterocycles. The van der Waals surface area contributed by atoms with Gasteiger partial charge in [0.05, 0.1) is 7.06 Å². The number of nitrogens with zero attached hydrogens (tertiary/aromatic N) is 2. The summed E-state index contributed by atoms with van der Waals surface area (Å²) in [5.41, 5.74) is 1.88. The van der Waals surface area contributed by atoms with Crippen LogP contribution in [-0.4, -0.2) is 12.0 Å².